The first-order valence-electron chi connectivity index (χ1n) is 5.05. The predicted octanol–water partition coefficient (Wildman–Crippen LogP) is 0.816. The maximum Gasteiger partial charge on any atom is 0.271 e. The van der Waals surface area contributed by atoms with Gasteiger partial charge in [0.2, 0.25) is 0 Å². The molecule has 2 aromatic rings. The monoisotopic (exact) mass is 239 g/mol. The number of thiazole rings is 1. The first-order chi connectivity index (χ1) is 7.70. The molecule has 2 heterocycles. The minimum atomic E-state index is -0.193. The van der Waals surface area contributed by atoms with Crippen molar-refractivity contribution in [1.82, 2.24) is 14.7 Å². The molecule has 0 saturated heterocycles. The standard InChI is InChI=1S/C10H13N3O2S/c1-7-5-13-6-8(12-10(13)16-7)9(15)11-3-2-4-14/h5-6,14H,2-4H2,1H3,(H,11,15). The van der Waals surface area contributed by atoms with Crippen LogP contribution in [0.3, 0.4) is 0 Å². The van der Waals surface area contributed by atoms with E-state index in [0.717, 1.165) is 9.84 Å². The highest BCUT2D eigenvalue weighted by Gasteiger charge is 2.11. The van der Waals surface area contributed by atoms with Gasteiger partial charge in [-0.25, -0.2) is 4.98 Å². The van der Waals surface area contributed by atoms with Crippen LogP contribution in [0.25, 0.3) is 4.96 Å². The van der Waals surface area contributed by atoms with E-state index in [2.05, 4.69) is 10.3 Å². The van der Waals surface area contributed by atoms with E-state index < -0.39 is 0 Å². The molecule has 2 rings (SSSR count). The van der Waals surface area contributed by atoms with E-state index in [1.807, 2.05) is 17.5 Å². The molecule has 86 valence electrons. The molecule has 0 aromatic carbocycles. The van der Waals surface area contributed by atoms with E-state index in [1.54, 1.807) is 17.5 Å². The molecule has 0 aliphatic carbocycles. The molecule has 0 aliphatic heterocycles. The largest absolute Gasteiger partial charge is 0.396 e. The second-order valence-electron chi connectivity index (χ2n) is 3.49. The van der Waals surface area contributed by atoms with Crippen LogP contribution < -0.4 is 5.32 Å². The summed E-state index contributed by atoms with van der Waals surface area (Å²) in [7, 11) is 0. The normalized spacial score (nSPS) is 10.9. The van der Waals surface area contributed by atoms with Crippen LogP contribution in [0.1, 0.15) is 21.8 Å². The molecular formula is C10H13N3O2S. The summed E-state index contributed by atoms with van der Waals surface area (Å²) >= 11 is 1.55. The lowest BCUT2D eigenvalue weighted by atomic mass is 10.4. The van der Waals surface area contributed by atoms with Crippen molar-refractivity contribution < 1.29 is 9.90 Å². The van der Waals surface area contributed by atoms with E-state index in [1.165, 1.54) is 0 Å². The summed E-state index contributed by atoms with van der Waals surface area (Å²) in [4.78, 5) is 17.8. The van der Waals surface area contributed by atoms with Gasteiger partial charge in [-0.2, -0.15) is 0 Å². The number of aromatic nitrogens is 2. The summed E-state index contributed by atoms with van der Waals surface area (Å²) in [6, 6.07) is 0. The summed E-state index contributed by atoms with van der Waals surface area (Å²) < 4.78 is 1.85. The van der Waals surface area contributed by atoms with Crippen molar-refractivity contribution in [3.05, 3.63) is 23.0 Å². The van der Waals surface area contributed by atoms with Gasteiger partial charge in [0.1, 0.15) is 5.69 Å². The van der Waals surface area contributed by atoms with Gasteiger partial charge in [-0.05, 0) is 13.3 Å². The number of imidazole rings is 1. The van der Waals surface area contributed by atoms with Crippen LogP contribution in [0.5, 0.6) is 0 Å². The topological polar surface area (TPSA) is 66.6 Å². The summed E-state index contributed by atoms with van der Waals surface area (Å²) in [6.45, 7) is 2.55. The Hall–Kier alpha value is -1.40. The van der Waals surface area contributed by atoms with E-state index in [-0.39, 0.29) is 12.5 Å². The Morgan fingerprint density at radius 3 is 3.12 bits per heavy atom. The average molecular weight is 239 g/mol. The first kappa shape index (κ1) is 11.1. The molecule has 0 saturated carbocycles. The fourth-order valence-electron chi connectivity index (χ4n) is 1.39. The fraction of sp³-hybridized carbons (Fsp3) is 0.400. The number of hydrogen-bond acceptors (Lipinski definition) is 4. The first-order valence-corrected chi connectivity index (χ1v) is 5.86. The van der Waals surface area contributed by atoms with Crippen LogP contribution in [0.4, 0.5) is 0 Å². The number of carbonyl (C=O) groups is 1. The summed E-state index contributed by atoms with van der Waals surface area (Å²) in [5, 5.41) is 11.3. The summed E-state index contributed by atoms with van der Waals surface area (Å²) in [6.07, 6.45) is 4.22. The fourth-order valence-corrected chi connectivity index (χ4v) is 2.20. The molecule has 0 radical (unpaired) electrons. The Kier molecular flexibility index (Phi) is 3.21. The number of aliphatic hydroxyl groups excluding tert-OH is 1. The van der Waals surface area contributed by atoms with Gasteiger partial charge >= 0.3 is 0 Å². The molecule has 6 heteroatoms. The SMILES string of the molecule is Cc1cn2cc(C(=O)NCCCO)nc2s1. The molecule has 0 fully saturated rings. The van der Waals surface area contributed by atoms with Gasteiger partial charge in [-0.15, -0.1) is 11.3 Å². The number of nitrogens with zero attached hydrogens (tertiary/aromatic N) is 2. The van der Waals surface area contributed by atoms with E-state index >= 15 is 0 Å². The second kappa shape index (κ2) is 4.63. The maximum atomic E-state index is 11.6. The van der Waals surface area contributed by atoms with Crippen LogP contribution in [-0.2, 0) is 0 Å². The Morgan fingerprint density at radius 2 is 2.44 bits per heavy atom. The molecule has 0 bridgehead atoms. The van der Waals surface area contributed by atoms with Crippen LogP contribution in [0, 0.1) is 6.92 Å². The van der Waals surface area contributed by atoms with Crippen molar-refractivity contribution in [1.29, 1.82) is 0 Å². The van der Waals surface area contributed by atoms with E-state index in [0.29, 0.717) is 18.7 Å². The lowest BCUT2D eigenvalue weighted by Crippen LogP contribution is -2.25. The predicted molar refractivity (Wildman–Crippen MR) is 61.8 cm³/mol. The Labute approximate surface area is 96.7 Å². The molecule has 2 aromatic heterocycles. The molecule has 0 atom stereocenters. The zero-order chi connectivity index (χ0) is 11.5. The Bertz CT molecular complexity index is 472. The van der Waals surface area contributed by atoms with Crippen LogP contribution in [0.2, 0.25) is 0 Å². The summed E-state index contributed by atoms with van der Waals surface area (Å²) in [5.74, 6) is -0.193. The molecular weight excluding hydrogens is 226 g/mol. The number of carbonyl (C=O) groups excluding carboxylic acids is 1. The number of rotatable bonds is 4. The number of aryl methyl sites for hydroxylation is 1. The van der Waals surface area contributed by atoms with Crippen molar-refractivity contribution in [2.45, 2.75) is 13.3 Å². The number of nitrogens with one attached hydrogen (secondary N) is 1. The number of fused-ring (bicyclic) bond motifs is 1. The van der Waals surface area contributed by atoms with Gasteiger partial charge in [0, 0.05) is 30.4 Å². The third-order valence-electron chi connectivity index (χ3n) is 2.12. The van der Waals surface area contributed by atoms with Gasteiger partial charge in [0.15, 0.2) is 4.96 Å². The zero-order valence-corrected chi connectivity index (χ0v) is 9.75. The zero-order valence-electron chi connectivity index (χ0n) is 8.93. The van der Waals surface area contributed by atoms with Gasteiger partial charge in [-0.1, -0.05) is 0 Å². The molecule has 0 unspecified atom stereocenters. The number of hydrogen-bond donors (Lipinski definition) is 2. The van der Waals surface area contributed by atoms with Crippen molar-refractivity contribution >= 4 is 22.2 Å². The number of aliphatic hydroxyl groups is 1. The lowest BCUT2D eigenvalue weighted by Gasteiger charge is -1.99. The minimum absolute atomic E-state index is 0.0811. The molecule has 0 spiro atoms. The van der Waals surface area contributed by atoms with Gasteiger partial charge in [-0.3, -0.25) is 9.20 Å². The third kappa shape index (κ3) is 2.23. The Morgan fingerprint density at radius 1 is 1.62 bits per heavy atom. The van der Waals surface area contributed by atoms with E-state index in [9.17, 15) is 4.79 Å². The maximum absolute atomic E-state index is 11.6. The van der Waals surface area contributed by atoms with Gasteiger partial charge in [0.25, 0.3) is 5.91 Å². The molecule has 0 aliphatic rings. The highest BCUT2D eigenvalue weighted by Crippen LogP contribution is 2.16. The van der Waals surface area contributed by atoms with Crippen molar-refractivity contribution in [3.63, 3.8) is 0 Å². The van der Waals surface area contributed by atoms with Crippen molar-refractivity contribution in [2.24, 2.45) is 0 Å². The lowest BCUT2D eigenvalue weighted by molar-refractivity contribution is 0.0947. The van der Waals surface area contributed by atoms with Crippen LogP contribution in [-0.4, -0.2) is 33.6 Å². The quantitative estimate of drug-likeness (QED) is 0.776. The van der Waals surface area contributed by atoms with Crippen LogP contribution >= 0.6 is 11.3 Å². The smallest absolute Gasteiger partial charge is 0.271 e. The van der Waals surface area contributed by atoms with Crippen molar-refractivity contribution in [3.8, 4) is 0 Å². The number of amides is 1. The van der Waals surface area contributed by atoms with E-state index in [4.69, 9.17) is 5.11 Å². The minimum Gasteiger partial charge on any atom is -0.396 e. The Balaban J connectivity index is 2.08. The van der Waals surface area contributed by atoms with Crippen LogP contribution in [0.15, 0.2) is 12.4 Å². The second-order valence-corrected chi connectivity index (χ2v) is 4.70. The summed E-state index contributed by atoms with van der Waals surface area (Å²) in [5.41, 5.74) is 0.421. The molecule has 16 heavy (non-hydrogen) atoms. The van der Waals surface area contributed by atoms with Gasteiger partial charge < -0.3 is 10.4 Å². The highest BCUT2D eigenvalue weighted by atomic mass is 32.1. The average Bonchev–Trinajstić information content (AvgIpc) is 2.74. The third-order valence-corrected chi connectivity index (χ3v) is 3.04. The molecule has 2 N–H and O–H groups in total. The van der Waals surface area contributed by atoms with Gasteiger partial charge in [0.05, 0.1) is 0 Å². The van der Waals surface area contributed by atoms with Crippen molar-refractivity contribution in [2.75, 3.05) is 13.2 Å². The molecule has 1 amide bonds. The highest BCUT2D eigenvalue weighted by molar-refractivity contribution is 7.17. The molecule has 5 nitrogen and oxygen atoms in total.